The molecule has 21 rings (SSSR count). The molecule has 0 aromatic heterocycles. The van der Waals surface area contributed by atoms with Crippen molar-refractivity contribution >= 4 is 17.7 Å². The van der Waals surface area contributed by atoms with E-state index in [-0.39, 0.29) is 34.2 Å². The van der Waals surface area contributed by atoms with Gasteiger partial charge in [0.05, 0.1) is 11.0 Å². The standard InChI is InChI=1S/C26H20O.C20H15NO.C20H14O2.C19H16.C18H20.C15H13F3.12C2H6/c27-25-21-15-7-9-17-23(21)26(19-11-3-1-4-12-19,20-13-5-2-6-14-20)24-18-10-8-16-22(24)25;22-19-17-13-7-8-14-18(17)20(21-19,15-9-3-1-4-10-15)16-11-5-2-6-12-16;21-19-17-13-7-8-14-18(17)20(22-19,15-9-3-1-4-10-15)16-11-5-2-6-12-16;1-4-10-16(11-5-1)19(17-12-6-2-7-13-17)18-14-8-3-9-15-18;1-4-10-16(11-5-1)18(14-8-3-9-15-18)17-12-6-2-7-13-17;1-14(15(16,17)18,12-8-4-2-5-9-12)13-10-6-3-7-11-13;12*1-2/h1-9,11-17H,10,18H2;1-14H,(H,21,22);1-14H;1-15,19H;1-2,4-7,10-13H,3,8-9,14-15H2;2-11H,1H3;12*1-2H3. The summed E-state index contributed by atoms with van der Waals surface area (Å²) in [5.41, 5.74) is 17.7. The Kier molecular flexibility index (Phi) is 59.9. The average Bonchev–Trinajstić information content (AvgIpc) is 1.28. The molecule has 150 heavy (non-hydrogen) atoms. The summed E-state index contributed by atoms with van der Waals surface area (Å²) in [6.45, 7) is 49.2. The van der Waals surface area contributed by atoms with Gasteiger partial charge >= 0.3 is 12.1 Å². The zero-order valence-corrected chi connectivity index (χ0v) is 94.4. The third-order valence-corrected chi connectivity index (χ3v) is 25.3. The summed E-state index contributed by atoms with van der Waals surface area (Å²) >= 11 is 0. The zero-order valence-electron chi connectivity index (χ0n) is 94.4. The van der Waals surface area contributed by atoms with E-state index in [1.165, 1.54) is 108 Å². The second-order valence-electron chi connectivity index (χ2n) is 32.4. The Hall–Kier alpha value is -14.6. The monoisotopic (exact) mass is 2010 g/mol. The lowest BCUT2D eigenvalue weighted by Crippen LogP contribution is -2.41. The van der Waals surface area contributed by atoms with Gasteiger partial charge in [0.25, 0.3) is 5.91 Å². The molecule has 0 unspecified atom stereocenters. The van der Waals surface area contributed by atoms with Crippen LogP contribution < -0.4 is 5.32 Å². The number of amides is 1. The molecule has 0 atom stereocenters. The Morgan fingerprint density at radius 1 is 0.280 bits per heavy atom. The van der Waals surface area contributed by atoms with Crippen LogP contribution in [-0.2, 0) is 32.1 Å². The van der Waals surface area contributed by atoms with Crippen molar-refractivity contribution < 1.29 is 32.3 Å². The number of hydrogen-bond acceptors (Lipinski definition) is 4. The predicted octanol–water partition coefficient (Wildman–Crippen LogP) is 40.4. The number of hydrogen-bond donors (Lipinski definition) is 1. The van der Waals surface area contributed by atoms with Crippen LogP contribution in [0.5, 0.6) is 0 Å². The summed E-state index contributed by atoms with van der Waals surface area (Å²) in [5, 5.41) is 3.23. The van der Waals surface area contributed by atoms with Crippen molar-refractivity contribution in [3.05, 3.63) is 596 Å². The Labute approximate surface area is 902 Å². The number of Topliss-reactive ketones (excluding diaryl/α,β-unsaturated/α-hetero) is 1. The summed E-state index contributed by atoms with van der Waals surface area (Å²) in [6, 6.07) is 155. The number of rotatable bonds is 13. The smallest absolute Gasteiger partial charge is 0.402 e. The van der Waals surface area contributed by atoms with E-state index in [9.17, 15) is 27.6 Å². The van der Waals surface area contributed by atoms with Crippen LogP contribution in [0.3, 0.4) is 0 Å². The molecule has 788 valence electrons. The summed E-state index contributed by atoms with van der Waals surface area (Å²) in [5.74, 6) is 0.161. The molecule has 1 saturated carbocycles. The minimum Gasteiger partial charge on any atom is -0.441 e. The number of nitrogens with one attached hydrogen (secondary N) is 1. The van der Waals surface area contributed by atoms with Crippen molar-refractivity contribution in [2.45, 2.75) is 258 Å². The molecular weight excluding hydrogens is 1840 g/mol. The first-order chi connectivity index (χ1) is 73.8. The van der Waals surface area contributed by atoms with E-state index in [4.69, 9.17) is 4.74 Å². The van der Waals surface area contributed by atoms with Crippen LogP contribution in [0.4, 0.5) is 13.2 Å². The van der Waals surface area contributed by atoms with Gasteiger partial charge in [-0.1, -0.05) is 653 Å². The fourth-order valence-corrected chi connectivity index (χ4v) is 19.2. The molecule has 0 saturated heterocycles. The number of ether oxygens (including phenoxy) is 1. The molecule has 8 heteroatoms. The fourth-order valence-electron chi connectivity index (χ4n) is 19.2. The van der Waals surface area contributed by atoms with Crippen molar-refractivity contribution in [3.8, 4) is 0 Å². The number of cyclic esters (lactones) is 1. The molecule has 0 spiro atoms. The molecule has 1 fully saturated rings. The van der Waals surface area contributed by atoms with Crippen LogP contribution in [0.25, 0.3) is 0 Å². The molecule has 5 aliphatic rings. The number of ketones is 1. The van der Waals surface area contributed by atoms with E-state index in [0.717, 1.165) is 68.5 Å². The highest BCUT2D eigenvalue weighted by molar-refractivity contribution is 6.15. The van der Waals surface area contributed by atoms with E-state index in [1.807, 2.05) is 330 Å². The molecule has 16 aromatic carbocycles. The normalized spacial score (nSPS) is 13.1. The minimum atomic E-state index is -4.34. The number of allylic oxidation sites excluding steroid dienone is 4. The van der Waals surface area contributed by atoms with E-state index in [0.29, 0.717) is 11.5 Å². The minimum absolute atomic E-state index is 0.0247. The van der Waals surface area contributed by atoms with Gasteiger partial charge in [-0.2, -0.15) is 13.2 Å². The summed E-state index contributed by atoms with van der Waals surface area (Å²) < 4.78 is 46.4. The first kappa shape index (κ1) is 128. The van der Waals surface area contributed by atoms with Gasteiger partial charge in [0.15, 0.2) is 11.4 Å². The zero-order chi connectivity index (χ0) is 111. The van der Waals surface area contributed by atoms with E-state index in [1.54, 1.807) is 36.4 Å². The van der Waals surface area contributed by atoms with Crippen LogP contribution in [0.1, 0.15) is 344 Å². The molecule has 0 radical (unpaired) electrons. The average molecular weight is 2010 g/mol. The van der Waals surface area contributed by atoms with Crippen LogP contribution in [-0.4, -0.2) is 23.8 Å². The van der Waals surface area contributed by atoms with E-state index >= 15 is 0 Å². The van der Waals surface area contributed by atoms with Crippen LogP contribution in [0.2, 0.25) is 0 Å². The summed E-state index contributed by atoms with van der Waals surface area (Å²) in [7, 11) is 0. The largest absolute Gasteiger partial charge is 0.441 e. The molecule has 16 aromatic rings. The van der Waals surface area contributed by atoms with Gasteiger partial charge in [-0.05, 0) is 123 Å². The van der Waals surface area contributed by atoms with Crippen molar-refractivity contribution in [1.29, 1.82) is 0 Å². The molecule has 2 aliphatic heterocycles. The summed E-state index contributed by atoms with van der Waals surface area (Å²) in [6.07, 6.45) is 8.38. The third-order valence-electron chi connectivity index (χ3n) is 25.3. The number of carbonyl (C=O) groups is 3. The Morgan fingerprint density at radius 2 is 0.547 bits per heavy atom. The quantitative estimate of drug-likeness (QED) is 0.0922. The van der Waals surface area contributed by atoms with Gasteiger partial charge in [-0.3, -0.25) is 9.59 Å². The van der Waals surface area contributed by atoms with Crippen LogP contribution >= 0.6 is 0 Å². The van der Waals surface area contributed by atoms with Gasteiger partial charge in [0.2, 0.25) is 0 Å². The van der Waals surface area contributed by atoms with Crippen LogP contribution in [0.15, 0.2) is 490 Å². The molecule has 1 amide bonds. The molecular formula is C142H170F3NO4. The number of carbonyl (C=O) groups excluding carboxylic acids is 3. The maximum atomic E-state index is 13.5. The number of esters is 1. The lowest BCUT2D eigenvalue weighted by atomic mass is 9.57. The molecule has 2 heterocycles. The van der Waals surface area contributed by atoms with E-state index in [2.05, 4.69) is 260 Å². The maximum Gasteiger partial charge on any atom is 0.402 e. The van der Waals surface area contributed by atoms with Crippen molar-refractivity contribution in [3.63, 3.8) is 0 Å². The van der Waals surface area contributed by atoms with E-state index < -0.39 is 28.1 Å². The lowest BCUT2D eigenvalue weighted by Gasteiger charge is -2.44. The van der Waals surface area contributed by atoms with Gasteiger partial charge in [-0.25, -0.2) is 4.79 Å². The molecule has 5 nitrogen and oxygen atoms in total. The van der Waals surface area contributed by atoms with Gasteiger partial charge < -0.3 is 10.1 Å². The predicted molar refractivity (Wildman–Crippen MR) is 639 cm³/mol. The second-order valence-corrected chi connectivity index (χ2v) is 32.4. The fraction of sp³-hybridized carbons (Fsp3) is 0.275. The number of fused-ring (bicyclic) bond motifs is 3. The number of alkyl halides is 3. The highest BCUT2D eigenvalue weighted by Crippen LogP contribution is 2.55. The highest BCUT2D eigenvalue weighted by Gasteiger charge is 2.54. The maximum absolute atomic E-state index is 13.5. The highest BCUT2D eigenvalue weighted by atomic mass is 19.4. The first-order valence-corrected chi connectivity index (χ1v) is 55.4. The van der Waals surface area contributed by atoms with Crippen molar-refractivity contribution in [1.82, 2.24) is 5.32 Å². The SMILES string of the molecule is CC.CC.CC.CC.CC.CC.CC.CC.CC.CC.CC.CC.CC(c1ccccc1)(c1ccccc1)C(F)(F)F.O=C1C2=C(CCC=C2)C(c2ccccc2)(c2ccccc2)c2ccccc21.O=C1NC(c2ccccc2)(c2ccccc2)c2ccccc21.O=C1OC(c2ccccc2)(c2ccccc2)c2ccccc21.c1ccc(C(c2ccccc2)c2ccccc2)cc1.c1ccc(C2(c3ccccc3)CCCCC2)cc1. The molecule has 0 bridgehead atoms. The number of benzene rings is 16. The van der Waals surface area contributed by atoms with Crippen molar-refractivity contribution in [2.75, 3.05) is 0 Å². The molecule has 1 N–H and O–H groups in total. The van der Waals surface area contributed by atoms with Gasteiger partial charge in [-0.15, -0.1) is 0 Å². The van der Waals surface area contributed by atoms with Gasteiger partial charge in [0.1, 0.15) is 11.0 Å². The van der Waals surface area contributed by atoms with Crippen LogP contribution in [0, 0.1) is 0 Å². The topological polar surface area (TPSA) is 72.5 Å². The third kappa shape index (κ3) is 31.1. The van der Waals surface area contributed by atoms with Crippen molar-refractivity contribution in [2.24, 2.45) is 0 Å². The van der Waals surface area contributed by atoms with Gasteiger partial charge in [0, 0.05) is 44.7 Å². The second kappa shape index (κ2) is 70.3. The number of halogens is 3. The Balaban J connectivity index is 0.000000361. The molecule has 3 aliphatic carbocycles. The Bertz CT molecular complexity index is 5880. The lowest BCUT2D eigenvalue weighted by molar-refractivity contribution is -0.173. The first-order valence-electron chi connectivity index (χ1n) is 55.4. The Morgan fingerprint density at radius 3 is 0.880 bits per heavy atom. The summed E-state index contributed by atoms with van der Waals surface area (Å²) in [4.78, 5) is 38.2.